The summed E-state index contributed by atoms with van der Waals surface area (Å²) >= 11 is 0. The molecule has 0 saturated carbocycles. The maximum Gasteiger partial charge on any atom is 0.328 e. The Labute approximate surface area is 112 Å². The number of rotatable bonds is 3. The number of carbonyl (C=O) groups excluding carboxylic acids is 1. The van der Waals surface area contributed by atoms with Crippen LogP contribution in [-0.4, -0.2) is 35.2 Å². The first kappa shape index (κ1) is 13.6. The summed E-state index contributed by atoms with van der Waals surface area (Å²) in [5.41, 5.74) is -0.152. The molecule has 0 aliphatic carbocycles. The van der Waals surface area contributed by atoms with E-state index in [1.165, 1.54) is 7.11 Å². The van der Waals surface area contributed by atoms with E-state index in [1.54, 1.807) is 21.9 Å². The minimum absolute atomic E-state index is 0.152. The fourth-order valence-corrected chi connectivity index (χ4v) is 2.45. The standard InChI is InChI=1S/C13H19N3O3/c1-3-15-9-7-14-11(12(15)17)16-8-5-4-6-10(16)13(18)19-2/h7,9-10H,3-6,8H2,1-2H3. The van der Waals surface area contributed by atoms with Crippen LogP contribution in [0.2, 0.25) is 0 Å². The van der Waals surface area contributed by atoms with Gasteiger partial charge < -0.3 is 14.2 Å². The Bertz CT molecular complexity index is 512. The summed E-state index contributed by atoms with van der Waals surface area (Å²) in [6, 6.07) is -0.397. The van der Waals surface area contributed by atoms with Gasteiger partial charge in [0, 0.05) is 25.5 Å². The Morgan fingerprint density at radius 3 is 3.00 bits per heavy atom. The van der Waals surface area contributed by atoms with E-state index in [-0.39, 0.29) is 11.5 Å². The minimum atomic E-state index is -0.397. The zero-order valence-corrected chi connectivity index (χ0v) is 11.3. The summed E-state index contributed by atoms with van der Waals surface area (Å²) in [6.45, 7) is 3.15. The van der Waals surface area contributed by atoms with E-state index in [2.05, 4.69) is 4.98 Å². The maximum absolute atomic E-state index is 12.3. The van der Waals surface area contributed by atoms with Crippen LogP contribution in [0.3, 0.4) is 0 Å². The molecule has 1 aliphatic rings. The van der Waals surface area contributed by atoms with Crippen LogP contribution in [0.4, 0.5) is 5.82 Å². The first-order valence-electron chi connectivity index (χ1n) is 6.59. The first-order chi connectivity index (χ1) is 9.19. The van der Waals surface area contributed by atoms with Gasteiger partial charge in [0.05, 0.1) is 7.11 Å². The minimum Gasteiger partial charge on any atom is -0.467 e. The average Bonchev–Trinajstić information content (AvgIpc) is 2.47. The first-order valence-corrected chi connectivity index (χ1v) is 6.59. The molecule has 19 heavy (non-hydrogen) atoms. The van der Waals surface area contributed by atoms with Crippen molar-refractivity contribution < 1.29 is 9.53 Å². The molecule has 1 unspecified atom stereocenters. The van der Waals surface area contributed by atoms with Gasteiger partial charge >= 0.3 is 5.97 Å². The maximum atomic E-state index is 12.3. The van der Waals surface area contributed by atoms with Crippen molar-refractivity contribution in [3.05, 3.63) is 22.7 Å². The predicted octanol–water partition coefficient (Wildman–Crippen LogP) is 0.795. The Morgan fingerprint density at radius 2 is 2.32 bits per heavy atom. The molecule has 0 radical (unpaired) electrons. The van der Waals surface area contributed by atoms with Crippen molar-refractivity contribution in [2.45, 2.75) is 38.8 Å². The molecule has 0 N–H and O–H groups in total. The highest BCUT2D eigenvalue weighted by Crippen LogP contribution is 2.21. The van der Waals surface area contributed by atoms with Crippen LogP contribution < -0.4 is 10.5 Å². The Morgan fingerprint density at radius 1 is 1.53 bits per heavy atom. The lowest BCUT2D eigenvalue weighted by molar-refractivity contribution is -0.142. The van der Waals surface area contributed by atoms with Gasteiger partial charge in [-0.3, -0.25) is 4.79 Å². The van der Waals surface area contributed by atoms with E-state index in [9.17, 15) is 9.59 Å². The SMILES string of the molecule is CCn1ccnc(N2CCCCC2C(=O)OC)c1=O. The Hall–Kier alpha value is -1.85. The van der Waals surface area contributed by atoms with Gasteiger partial charge in [-0.15, -0.1) is 0 Å². The summed E-state index contributed by atoms with van der Waals surface area (Å²) in [4.78, 5) is 30.0. The third-order valence-electron chi connectivity index (χ3n) is 3.48. The fraction of sp³-hybridized carbons (Fsp3) is 0.615. The van der Waals surface area contributed by atoms with Crippen LogP contribution in [0.1, 0.15) is 26.2 Å². The summed E-state index contributed by atoms with van der Waals surface area (Å²) in [5, 5.41) is 0. The molecule has 104 valence electrons. The van der Waals surface area contributed by atoms with Crippen molar-refractivity contribution >= 4 is 11.8 Å². The van der Waals surface area contributed by atoms with Crippen LogP contribution in [0.15, 0.2) is 17.2 Å². The molecule has 0 spiro atoms. The molecule has 6 nitrogen and oxygen atoms in total. The van der Waals surface area contributed by atoms with Crippen LogP contribution in [0.5, 0.6) is 0 Å². The zero-order valence-electron chi connectivity index (χ0n) is 11.3. The van der Waals surface area contributed by atoms with Gasteiger partial charge in [0.2, 0.25) is 0 Å². The summed E-state index contributed by atoms with van der Waals surface area (Å²) in [6.07, 6.45) is 5.88. The van der Waals surface area contributed by atoms with Crippen LogP contribution in [-0.2, 0) is 16.1 Å². The van der Waals surface area contributed by atoms with Gasteiger partial charge in [-0.05, 0) is 26.2 Å². The number of nitrogens with zero attached hydrogens (tertiary/aromatic N) is 3. The van der Waals surface area contributed by atoms with Gasteiger partial charge in [0.1, 0.15) is 6.04 Å². The number of hydrogen-bond donors (Lipinski definition) is 0. The third-order valence-corrected chi connectivity index (χ3v) is 3.48. The molecule has 1 fully saturated rings. The van der Waals surface area contributed by atoms with Gasteiger partial charge in [0.25, 0.3) is 5.56 Å². The van der Waals surface area contributed by atoms with Crippen molar-refractivity contribution in [1.82, 2.24) is 9.55 Å². The van der Waals surface area contributed by atoms with Crippen molar-refractivity contribution in [3.63, 3.8) is 0 Å². The molecule has 1 aliphatic heterocycles. The molecular formula is C13H19N3O3. The average molecular weight is 265 g/mol. The molecule has 0 amide bonds. The Kier molecular flexibility index (Phi) is 4.19. The van der Waals surface area contributed by atoms with E-state index in [1.807, 2.05) is 6.92 Å². The van der Waals surface area contributed by atoms with E-state index in [0.29, 0.717) is 25.3 Å². The number of aryl methyl sites for hydroxylation is 1. The molecule has 2 heterocycles. The van der Waals surface area contributed by atoms with E-state index in [0.717, 1.165) is 12.8 Å². The van der Waals surface area contributed by atoms with Crippen LogP contribution in [0, 0.1) is 0 Å². The normalized spacial score (nSPS) is 19.3. The second kappa shape index (κ2) is 5.86. The molecule has 2 rings (SSSR count). The van der Waals surface area contributed by atoms with Crippen molar-refractivity contribution in [3.8, 4) is 0 Å². The van der Waals surface area contributed by atoms with Crippen molar-refractivity contribution in [2.24, 2.45) is 0 Å². The summed E-state index contributed by atoms with van der Waals surface area (Å²) in [7, 11) is 1.37. The highest BCUT2D eigenvalue weighted by molar-refractivity contribution is 5.79. The third kappa shape index (κ3) is 2.62. The van der Waals surface area contributed by atoms with Crippen LogP contribution in [0.25, 0.3) is 0 Å². The number of piperidine rings is 1. The largest absolute Gasteiger partial charge is 0.467 e. The van der Waals surface area contributed by atoms with Crippen molar-refractivity contribution in [2.75, 3.05) is 18.6 Å². The second-order valence-corrected chi connectivity index (χ2v) is 4.57. The molecule has 1 saturated heterocycles. The number of hydrogen-bond acceptors (Lipinski definition) is 5. The lowest BCUT2D eigenvalue weighted by Gasteiger charge is -2.34. The second-order valence-electron chi connectivity index (χ2n) is 4.57. The molecule has 0 aromatic carbocycles. The number of ether oxygens (including phenoxy) is 1. The topological polar surface area (TPSA) is 64.4 Å². The van der Waals surface area contributed by atoms with Gasteiger partial charge in [-0.2, -0.15) is 0 Å². The number of anilines is 1. The lowest BCUT2D eigenvalue weighted by atomic mass is 10.0. The molecule has 1 atom stereocenters. The number of carbonyl (C=O) groups is 1. The predicted molar refractivity (Wildman–Crippen MR) is 71.2 cm³/mol. The number of methoxy groups -OCH3 is 1. The summed E-state index contributed by atoms with van der Waals surface area (Å²) in [5.74, 6) is 0.0484. The number of esters is 1. The van der Waals surface area contributed by atoms with Gasteiger partial charge in [-0.1, -0.05) is 0 Å². The van der Waals surface area contributed by atoms with E-state index < -0.39 is 6.04 Å². The van der Waals surface area contributed by atoms with E-state index in [4.69, 9.17) is 4.74 Å². The van der Waals surface area contributed by atoms with Gasteiger partial charge in [0.15, 0.2) is 5.82 Å². The highest BCUT2D eigenvalue weighted by Gasteiger charge is 2.31. The zero-order chi connectivity index (χ0) is 13.8. The Balaban J connectivity index is 2.38. The fourth-order valence-electron chi connectivity index (χ4n) is 2.45. The highest BCUT2D eigenvalue weighted by atomic mass is 16.5. The number of aromatic nitrogens is 2. The van der Waals surface area contributed by atoms with Crippen LogP contribution >= 0.6 is 0 Å². The lowest BCUT2D eigenvalue weighted by Crippen LogP contribution is -2.48. The molecule has 1 aromatic heterocycles. The molecule has 0 bridgehead atoms. The van der Waals surface area contributed by atoms with Gasteiger partial charge in [-0.25, -0.2) is 9.78 Å². The molecule has 1 aromatic rings. The van der Waals surface area contributed by atoms with E-state index >= 15 is 0 Å². The molecular weight excluding hydrogens is 246 g/mol. The summed E-state index contributed by atoms with van der Waals surface area (Å²) < 4.78 is 6.41. The smallest absolute Gasteiger partial charge is 0.328 e. The van der Waals surface area contributed by atoms with Crippen molar-refractivity contribution in [1.29, 1.82) is 0 Å². The molecule has 6 heteroatoms. The quantitative estimate of drug-likeness (QED) is 0.756. The monoisotopic (exact) mass is 265 g/mol.